The first kappa shape index (κ1) is 18.9. The molecule has 0 saturated heterocycles. The number of carbonyl (C=O) groups excluding carboxylic acids is 2. The van der Waals surface area contributed by atoms with Crippen molar-refractivity contribution in [3.63, 3.8) is 0 Å². The normalized spacial score (nSPS) is 11.5. The number of nitrogens with zero attached hydrogens (tertiary/aromatic N) is 3. The third-order valence-electron chi connectivity index (χ3n) is 2.64. The van der Waals surface area contributed by atoms with Crippen molar-refractivity contribution in [2.75, 3.05) is 5.01 Å². The number of carbonyl (C=O) groups is 2. The van der Waals surface area contributed by atoms with Crippen LogP contribution >= 0.6 is 11.3 Å². The highest BCUT2D eigenvalue weighted by Crippen LogP contribution is 2.36. The van der Waals surface area contributed by atoms with Crippen molar-refractivity contribution < 1.29 is 22.8 Å². The molecule has 6 nitrogen and oxygen atoms in total. The van der Waals surface area contributed by atoms with Gasteiger partial charge in [-0.05, 0) is 0 Å². The molecule has 0 bridgehead atoms. The number of amides is 2. The predicted octanol–water partition coefficient (Wildman–Crippen LogP) is 2.71. The molecule has 0 aliphatic carbocycles. The summed E-state index contributed by atoms with van der Waals surface area (Å²) in [4.78, 5) is 26.6. The van der Waals surface area contributed by atoms with Crippen LogP contribution in [0.3, 0.4) is 0 Å². The van der Waals surface area contributed by atoms with Crippen molar-refractivity contribution in [2.45, 2.75) is 33.9 Å². The van der Waals surface area contributed by atoms with Gasteiger partial charge in [-0.25, -0.2) is 4.98 Å². The highest BCUT2D eigenvalue weighted by Gasteiger charge is 2.39. The quantitative estimate of drug-likeness (QED) is 0.851. The number of halogens is 3. The molecule has 1 aromatic rings. The highest BCUT2D eigenvalue weighted by molar-refractivity contribution is 7.16. The molecule has 1 rings (SSSR count). The molecular formula is C13H15F3N4O2S. The van der Waals surface area contributed by atoms with Crippen molar-refractivity contribution in [3.8, 4) is 6.07 Å². The second-order valence-corrected chi connectivity index (χ2v) is 6.22. The van der Waals surface area contributed by atoms with Crippen LogP contribution in [0.2, 0.25) is 0 Å². The Morgan fingerprint density at radius 3 is 2.17 bits per heavy atom. The fourth-order valence-corrected chi connectivity index (χ4v) is 2.22. The molecule has 0 radical (unpaired) electrons. The third-order valence-corrected chi connectivity index (χ3v) is 3.58. The minimum atomic E-state index is -4.82. The van der Waals surface area contributed by atoms with Gasteiger partial charge in [0.2, 0.25) is 16.9 Å². The lowest BCUT2D eigenvalue weighted by Crippen LogP contribution is -2.49. The largest absolute Gasteiger partial charge is 0.435 e. The minimum absolute atomic E-state index is 0.392. The van der Waals surface area contributed by atoms with Gasteiger partial charge < -0.3 is 0 Å². The monoisotopic (exact) mass is 348 g/mol. The molecular weight excluding hydrogens is 333 g/mol. The summed E-state index contributed by atoms with van der Waals surface area (Å²) < 4.78 is 38.6. The second-order valence-electron chi connectivity index (χ2n) is 5.24. The smallest absolute Gasteiger partial charge is 0.273 e. The molecule has 2 amide bonds. The van der Waals surface area contributed by atoms with Crippen LogP contribution in [0.15, 0.2) is 0 Å². The number of aromatic nitrogens is 1. The van der Waals surface area contributed by atoms with E-state index in [-0.39, 0.29) is 0 Å². The number of rotatable bonds is 3. The van der Waals surface area contributed by atoms with Crippen molar-refractivity contribution in [2.24, 2.45) is 11.8 Å². The van der Waals surface area contributed by atoms with E-state index in [0.29, 0.717) is 16.3 Å². The van der Waals surface area contributed by atoms with Gasteiger partial charge in [-0.1, -0.05) is 39.0 Å². The van der Waals surface area contributed by atoms with Gasteiger partial charge >= 0.3 is 6.18 Å². The number of alkyl halides is 3. The lowest BCUT2D eigenvalue weighted by atomic mass is 10.2. The number of anilines is 1. The lowest BCUT2D eigenvalue weighted by molar-refractivity contribution is -0.141. The van der Waals surface area contributed by atoms with Crippen LogP contribution in [-0.4, -0.2) is 16.8 Å². The average Bonchev–Trinajstić information content (AvgIpc) is 2.87. The summed E-state index contributed by atoms with van der Waals surface area (Å²) in [5, 5.41) is 9.10. The first-order valence-corrected chi connectivity index (χ1v) is 7.43. The van der Waals surface area contributed by atoms with Crippen molar-refractivity contribution >= 4 is 28.3 Å². The zero-order chi connectivity index (χ0) is 17.9. The van der Waals surface area contributed by atoms with Crippen LogP contribution in [0.4, 0.5) is 18.3 Å². The number of hydrazine groups is 1. The minimum Gasteiger partial charge on any atom is -0.273 e. The molecule has 0 fully saturated rings. The maximum absolute atomic E-state index is 12.9. The molecule has 1 heterocycles. The summed E-state index contributed by atoms with van der Waals surface area (Å²) in [6.07, 6.45) is -4.82. The van der Waals surface area contributed by atoms with E-state index in [1.807, 2.05) is 0 Å². The Balaban J connectivity index is 3.33. The Morgan fingerprint density at radius 2 is 1.83 bits per heavy atom. The fourth-order valence-electron chi connectivity index (χ4n) is 1.37. The standard InChI is InChI=1S/C13H15F3N4O2S/c1-6(2)10(21)19-20(11(22)7(3)4)12-18-9(13(14,15)16)8(5-17)23-12/h6-7H,1-4H3,(H,19,21). The van der Waals surface area contributed by atoms with Gasteiger partial charge in [-0.2, -0.15) is 23.4 Å². The maximum Gasteiger partial charge on any atom is 0.435 e. The van der Waals surface area contributed by atoms with E-state index in [9.17, 15) is 22.8 Å². The van der Waals surface area contributed by atoms with Crippen LogP contribution in [0, 0.1) is 23.2 Å². The van der Waals surface area contributed by atoms with E-state index in [0.717, 1.165) is 0 Å². The summed E-state index contributed by atoms with van der Waals surface area (Å²) in [6, 6.07) is 1.41. The number of hydrogen-bond donors (Lipinski definition) is 1. The number of nitriles is 1. The summed E-state index contributed by atoms with van der Waals surface area (Å²) in [5.41, 5.74) is 0.871. The van der Waals surface area contributed by atoms with Crippen LogP contribution in [0.25, 0.3) is 0 Å². The second kappa shape index (κ2) is 6.95. The molecule has 0 aliphatic rings. The van der Waals surface area contributed by atoms with Gasteiger partial charge in [0.05, 0.1) is 0 Å². The molecule has 0 spiro atoms. The van der Waals surface area contributed by atoms with Gasteiger partial charge in [0.25, 0.3) is 0 Å². The molecule has 23 heavy (non-hydrogen) atoms. The summed E-state index contributed by atoms with van der Waals surface area (Å²) in [5.74, 6) is -2.27. The van der Waals surface area contributed by atoms with Gasteiger partial charge in [-0.3, -0.25) is 15.0 Å². The van der Waals surface area contributed by atoms with Gasteiger partial charge in [0.1, 0.15) is 10.9 Å². The number of hydrogen-bond acceptors (Lipinski definition) is 5. The molecule has 10 heteroatoms. The van der Waals surface area contributed by atoms with Crippen molar-refractivity contribution in [1.82, 2.24) is 10.4 Å². The zero-order valence-corrected chi connectivity index (χ0v) is 13.7. The first-order chi connectivity index (χ1) is 10.5. The van der Waals surface area contributed by atoms with E-state index >= 15 is 0 Å². The third kappa shape index (κ3) is 4.41. The Bertz CT molecular complexity index is 647. The Labute approximate surface area is 134 Å². The highest BCUT2D eigenvalue weighted by atomic mass is 32.1. The Hall–Kier alpha value is -2.15. The number of thiazole rings is 1. The van der Waals surface area contributed by atoms with E-state index in [2.05, 4.69) is 10.4 Å². The molecule has 1 aromatic heterocycles. The van der Waals surface area contributed by atoms with Crippen LogP contribution in [-0.2, 0) is 15.8 Å². The van der Waals surface area contributed by atoms with Crippen molar-refractivity contribution in [1.29, 1.82) is 5.26 Å². The summed E-state index contributed by atoms with van der Waals surface area (Å²) >= 11 is 0.392. The van der Waals surface area contributed by atoms with E-state index < -0.39 is 45.5 Å². The SMILES string of the molecule is CC(C)C(=O)NN(C(=O)C(C)C)c1nc(C(F)(F)F)c(C#N)s1. The summed E-state index contributed by atoms with van der Waals surface area (Å²) in [6.45, 7) is 6.19. The predicted molar refractivity (Wildman–Crippen MR) is 77.1 cm³/mol. The molecule has 0 unspecified atom stereocenters. The molecule has 126 valence electrons. The molecule has 0 saturated carbocycles. The van der Waals surface area contributed by atoms with Crippen LogP contribution in [0.1, 0.15) is 38.3 Å². The zero-order valence-electron chi connectivity index (χ0n) is 12.9. The van der Waals surface area contributed by atoms with Crippen LogP contribution in [0.5, 0.6) is 0 Å². The van der Waals surface area contributed by atoms with Crippen molar-refractivity contribution in [3.05, 3.63) is 10.6 Å². The number of nitrogens with one attached hydrogen (secondary N) is 1. The molecule has 0 aliphatic heterocycles. The van der Waals surface area contributed by atoms with E-state index in [1.54, 1.807) is 13.8 Å². The topological polar surface area (TPSA) is 86.1 Å². The van der Waals surface area contributed by atoms with Gasteiger partial charge in [0.15, 0.2) is 5.69 Å². The summed E-state index contributed by atoms with van der Waals surface area (Å²) in [7, 11) is 0. The Morgan fingerprint density at radius 1 is 1.26 bits per heavy atom. The molecule has 1 N–H and O–H groups in total. The van der Waals surface area contributed by atoms with Crippen LogP contribution < -0.4 is 10.4 Å². The maximum atomic E-state index is 12.9. The average molecular weight is 348 g/mol. The fraction of sp³-hybridized carbons (Fsp3) is 0.538. The lowest BCUT2D eigenvalue weighted by Gasteiger charge is -2.23. The van der Waals surface area contributed by atoms with E-state index in [4.69, 9.17) is 5.26 Å². The molecule has 0 aromatic carbocycles. The van der Waals surface area contributed by atoms with Gasteiger partial charge in [-0.15, -0.1) is 0 Å². The molecule has 0 atom stereocenters. The van der Waals surface area contributed by atoms with E-state index in [1.165, 1.54) is 19.9 Å². The first-order valence-electron chi connectivity index (χ1n) is 6.61. The van der Waals surface area contributed by atoms with Gasteiger partial charge in [0, 0.05) is 11.8 Å². The Kier molecular flexibility index (Phi) is 5.71.